The number of hydrogen-bond donors (Lipinski definition) is 1. The van der Waals surface area contributed by atoms with Crippen molar-refractivity contribution in [1.82, 2.24) is 9.88 Å². The number of rotatable bonds is 1. The monoisotopic (exact) mass is 192 g/mol. The fourth-order valence-electron chi connectivity index (χ4n) is 1.92. The van der Waals surface area contributed by atoms with Crippen LogP contribution in [0.5, 0.6) is 0 Å². The molecule has 3 nitrogen and oxygen atoms in total. The fraction of sp³-hybridized carbons (Fsp3) is 0.545. The van der Waals surface area contributed by atoms with Crippen molar-refractivity contribution in [2.75, 3.05) is 20.1 Å². The Bertz CT molecular complexity index is 291. The predicted octanol–water partition coefficient (Wildman–Crippen LogP) is 0.995. The Balaban J connectivity index is 2.17. The van der Waals surface area contributed by atoms with Crippen molar-refractivity contribution in [3.05, 3.63) is 30.1 Å². The zero-order chi connectivity index (χ0) is 10.0. The molecule has 1 aromatic heterocycles. The quantitative estimate of drug-likeness (QED) is 0.721. The molecule has 0 aliphatic carbocycles. The second-order valence-electron chi connectivity index (χ2n) is 4.08. The minimum Gasteiger partial charge on any atom is -0.385 e. The molecule has 14 heavy (non-hydrogen) atoms. The summed E-state index contributed by atoms with van der Waals surface area (Å²) in [4.78, 5) is 6.29. The number of hydrogen-bond acceptors (Lipinski definition) is 3. The molecule has 1 aliphatic heterocycles. The van der Waals surface area contributed by atoms with Crippen molar-refractivity contribution < 1.29 is 5.11 Å². The normalized spacial score (nSPS) is 22.1. The van der Waals surface area contributed by atoms with E-state index in [1.807, 2.05) is 12.1 Å². The Hall–Kier alpha value is -0.930. The van der Waals surface area contributed by atoms with Gasteiger partial charge in [0.05, 0.1) is 5.60 Å². The lowest BCUT2D eigenvalue weighted by Gasteiger charge is -2.36. The van der Waals surface area contributed by atoms with Gasteiger partial charge >= 0.3 is 0 Å². The molecule has 0 aromatic carbocycles. The van der Waals surface area contributed by atoms with E-state index in [9.17, 15) is 5.11 Å². The molecule has 76 valence electrons. The molecule has 1 fully saturated rings. The number of aliphatic hydroxyl groups is 1. The molecule has 3 heteroatoms. The van der Waals surface area contributed by atoms with Gasteiger partial charge < -0.3 is 10.0 Å². The van der Waals surface area contributed by atoms with Crippen LogP contribution in [0.3, 0.4) is 0 Å². The van der Waals surface area contributed by atoms with E-state index < -0.39 is 5.60 Å². The molecule has 0 saturated carbocycles. The van der Waals surface area contributed by atoms with Crippen molar-refractivity contribution in [3.63, 3.8) is 0 Å². The van der Waals surface area contributed by atoms with Gasteiger partial charge in [0, 0.05) is 31.0 Å². The summed E-state index contributed by atoms with van der Waals surface area (Å²) >= 11 is 0. The molecule has 0 amide bonds. The third kappa shape index (κ3) is 1.79. The Kier molecular flexibility index (Phi) is 2.52. The van der Waals surface area contributed by atoms with E-state index in [4.69, 9.17) is 0 Å². The number of nitrogens with zero attached hydrogens (tertiary/aromatic N) is 2. The van der Waals surface area contributed by atoms with E-state index in [0.717, 1.165) is 31.5 Å². The Morgan fingerprint density at radius 3 is 2.71 bits per heavy atom. The molecule has 1 aromatic rings. The van der Waals surface area contributed by atoms with Crippen molar-refractivity contribution in [2.45, 2.75) is 18.4 Å². The van der Waals surface area contributed by atoms with Crippen LogP contribution in [0.1, 0.15) is 18.4 Å². The maximum Gasteiger partial charge on any atom is 0.0935 e. The van der Waals surface area contributed by atoms with Crippen LogP contribution in [-0.4, -0.2) is 35.1 Å². The summed E-state index contributed by atoms with van der Waals surface area (Å²) in [6, 6.07) is 3.84. The fourth-order valence-corrected chi connectivity index (χ4v) is 1.92. The van der Waals surface area contributed by atoms with Crippen LogP contribution >= 0.6 is 0 Å². The van der Waals surface area contributed by atoms with Crippen molar-refractivity contribution in [1.29, 1.82) is 0 Å². The zero-order valence-corrected chi connectivity index (χ0v) is 8.48. The molecule has 1 N–H and O–H groups in total. The smallest absolute Gasteiger partial charge is 0.0935 e. The van der Waals surface area contributed by atoms with Crippen molar-refractivity contribution in [2.24, 2.45) is 0 Å². The summed E-state index contributed by atoms with van der Waals surface area (Å²) in [5.74, 6) is 0. The van der Waals surface area contributed by atoms with Crippen LogP contribution in [0.2, 0.25) is 0 Å². The van der Waals surface area contributed by atoms with Crippen LogP contribution in [-0.2, 0) is 5.60 Å². The first-order valence-electron chi connectivity index (χ1n) is 5.02. The molecule has 0 spiro atoms. The third-order valence-corrected chi connectivity index (χ3v) is 3.01. The highest BCUT2D eigenvalue weighted by Gasteiger charge is 2.32. The van der Waals surface area contributed by atoms with E-state index in [2.05, 4.69) is 16.9 Å². The summed E-state index contributed by atoms with van der Waals surface area (Å²) in [7, 11) is 2.09. The highest BCUT2D eigenvalue weighted by atomic mass is 16.3. The molecule has 0 unspecified atom stereocenters. The first-order chi connectivity index (χ1) is 6.71. The van der Waals surface area contributed by atoms with E-state index in [0.29, 0.717) is 0 Å². The van der Waals surface area contributed by atoms with Crippen LogP contribution in [0.25, 0.3) is 0 Å². The van der Waals surface area contributed by atoms with E-state index >= 15 is 0 Å². The van der Waals surface area contributed by atoms with Gasteiger partial charge in [0.1, 0.15) is 0 Å². The van der Waals surface area contributed by atoms with Crippen molar-refractivity contribution in [3.8, 4) is 0 Å². The summed E-state index contributed by atoms with van der Waals surface area (Å²) < 4.78 is 0. The van der Waals surface area contributed by atoms with Gasteiger partial charge in [0.2, 0.25) is 0 Å². The van der Waals surface area contributed by atoms with Crippen molar-refractivity contribution >= 4 is 0 Å². The van der Waals surface area contributed by atoms with Gasteiger partial charge in [-0.05, 0) is 26.0 Å². The van der Waals surface area contributed by atoms with E-state index in [1.54, 1.807) is 12.4 Å². The minimum atomic E-state index is -0.652. The first-order valence-corrected chi connectivity index (χ1v) is 5.02. The van der Waals surface area contributed by atoms with Gasteiger partial charge in [-0.15, -0.1) is 0 Å². The van der Waals surface area contributed by atoms with Gasteiger partial charge in [-0.1, -0.05) is 6.07 Å². The highest BCUT2D eigenvalue weighted by molar-refractivity contribution is 5.18. The summed E-state index contributed by atoms with van der Waals surface area (Å²) in [5, 5.41) is 10.4. The van der Waals surface area contributed by atoms with Gasteiger partial charge in [-0.2, -0.15) is 0 Å². The van der Waals surface area contributed by atoms with Crippen LogP contribution in [0.15, 0.2) is 24.5 Å². The SMILES string of the molecule is CN1CCC(O)(c2cccnc2)CC1. The molecule has 0 radical (unpaired) electrons. The summed E-state index contributed by atoms with van der Waals surface area (Å²) in [6.07, 6.45) is 5.11. The standard InChI is InChI=1S/C11H16N2O/c1-13-7-4-11(14,5-8-13)10-3-2-6-12-9-10/h2-3,6,9,14H,4-5,7-8H2,1H3. The van der Waals surface area contributed by atoms with Gasteiger partial charge in [0.25, 0.3) is 0 Å². The zero-order valence-electron chi connectivity index (χ0n) is 8.48. The Morgan fingerprint density at radius 2 is 2.14 bits per heavy atom. The maximum absolute atomic E-state index is 10.4. The van der Waals surface area contributed by atoms with Crippen LogP contribution in [0.4, 0.5) is 0 Å². The first kappa shape index (κ1) is 9.62. The second kappa shape index (κ2) is 3.67. The van der Waals surface area contributed by atoms with Crippen LogP contribution in [0, 0.1) is 0 Å². The second-order valence-corrected chi connectivity index (χ2v) is 4.08. The number of likely N-dealkylation sites (tertiary alicyclic amines) is 1. The number of aromatic nitrogens is 1. The minimum absolute atomic E-state index is 0.652. The molecule has 0 atom stereocenters. The van der Waals surface area contributed by atoms with Gasteiger partial charge in [-0.3, -0.25) is 4.98 Å². The Labute approximate surface area is 84.4 Å². The topological polar surface area (TPSA) is 36.4 Å². The average Bonchev–Trinajstić information content (AvgIpc) is 2.24. The molecule has 1 aliphatic rings. The lowest BCUT2D eigenvalue weighted by molar-refractivity contribution is -0.0205. The Morgan fingerprint density at radius 1 is 1.43 bits per heavy atom. The highest BCUT2D eigenvalue weighted by Crippen LogP contribution is 2.31. The van der Waals surface area contributed by atoms with E-state index in [1.165, 1.54) is 0 Å². The molecule has 1 saturated heterocycles. The van der Waals surface area contributed by atoms with E-state index in [-0.39, 0.29) is 0 Å². The predicted molar refractivity (Wildman–Crippen MR) is 54.9 cm³/mol. The van der Waals surface area contributed by atoms with Crippen LogP contribution < -0.4 is 0 Å². The average molecular weight is 192 g/mol. The van der Waals surface area contributed by atoms with Gasteiger partial charge in [-0.25, -0.2) is 0 Å². The molecule has 2 rings (SSSR count). The third-order valence-electron chi connectivity index (χ3n) is 3.01. The lowest BCUT2D eigenvalue weighted by atomic mass is 9.85. The molecular formula is C11H16N2O. The molecule has 2 heterocycles. The molecular weight excluding hydrogens is 176 g/mol. The van der Waals surface area contributed by atoms with Gasteiger partial charge in [0.15, 0.2) is 0 Å². The largest absolute Gasteiger partial charge is 0.385 e. The lowest BCUT2D eigenvalue weighted by Crippen LogP contribution is -2.40. The number of piperidine rings is 1. The number of pyridine rings is 1. The molecule has 0 bridgehead atoms. The summed E-state index contributed by atoms with van der Waals surface area (Å²) in [6.45, 7) is 1.90. The summed E-state index contributed by atoms with van der Waals surface area (Å²) in [5.41, 5.74) is 0.300. The maximum atomic E-state index is 10.4.